The maximum Gasteiger partial charge on any atom is 0.321 e. The zero-order chi connectivity index (χ0) is 19.1. The highest BCUT2D eigenvalue weighted by molar-refractivity contribution is 7.99. The third-order valence-electron chi connectivity index (χ3n) is 4.13. The van der Waals surface area contributed by atoms with Gasteiger partial charge < -0.3 is 9.88 Å². The van der Waals surface area contributed by atoms with Gasteiger partial charge in [-0.15, -0.1) is 0 Å². The van der Waals surface area contributed by atoms with Gasteiger partial charge in [0.1, 0.15) is 0 Å². The largest absolute Gasteiger partial charge is 0.341 e. The van der Waals surface area contributed by atoms with Gasteiger partial charge in [0.05, 0.1) is 11.0 Å². The SMILES string of the molecule is CNC(=O)NC(=O)CCSc1nc2ccccc2n1CCc1ccccc1. The topological polar surface area (TPSA) is 76.0 Å². The van der Waals surface area contributed by atoms with Crippen molar-refractivity contribution >= 4 is 34.7 Å². The Hall–Kier alpha value is -2.80. The number of fused-ring (bicyclic) bond motifs is 1. The minimum Gasteiger partial charge on any atom is -0.341 e. The molecule has 0 aliphatic heterocycles. The smallest absolute Gasteiger partial charge is 0.321 e. The third kappa shape index (κ3) is 5.10. The van der Waals surface area contributed by atoms with Crippen molar-refractivity contribution < 1.29 is 9.59 Å². The fraction of sp³-hybridized carbons (Fsp3) is 0.250. The van der Waals surface area contributed by atoms with Gasteiger partial charge in [-0.25, -0.2) is 9.78 Å². The average molecular weight is 382 g/mol. The van der Waals surface area contributed by atoms with Crippen molar-refractivity contribution in [2.45, 2.75) is 24.5 Å². The van der Waals surface area contributed by atoms with Crippen LogP contribution in [0.25, 0.3) is 11.0 Å². The molecule has 0 aliphatic rings. The number of urea groups is 1. The van der Waals surface area contributed by atoms with E-state index in [9.17, 15) is 9.59 Å². The minimum atomic E-state index is -0.486. The van der Waals surface area contributed by atoms with Gasteiger partial charge in [-0.1, -0.05) is 54.2 Å². The molecule has 0 atom stereocenters. The highest BCUT2D eigenvalue weighted by Crippen LogP contribution is 2.25. The third-order valence-corrected chi connectivity index (χ3v) is 5.10. The fourth-order valence-corrected chi connectivity index (χ4v) is 3.73. The molecule has 3 amide bonds. The summed E-state index contributed by atoms with van der Waals surface area (Å²) in [6, 6.07) is 17.9. The van der Waals surface area contributed by atoms with Gasteiger partial charge in [0, 0.05) is 25.8 Å². The zero-order valence-corrected chi connectivity index (χ0v) is 16.0. The van der Waals surface area contributed by atoms with Crippen molar-refractivity contribution in [3.8, 4) is 0 Å². The summed E-state index contributed by atoms with van der Waals surface area (Å²) < 4.78 is 2.20. The van der Waals surface area contributed by atoms with Crippen LogP contribution < -0.4 is 10.6 Å². The van der Waals surface area contributed by atoms with Gasteiger partial charge in [0.15, 0.2) is 5.16 Å². The lowest BCUT2D eigenvalue weighted by Gasteiger charge is -2.09. The summed E-state index contributed by atoms with van der Waals surface area (Å²) in [5.41, 5.74) is 3.31. The van der Waals surface area contributed by atoms with Crippen molar-refractivity contribution in [3.05, 3.63) is 60.2 Å². The molecule has 140 valence electrons. The first-order chi connectivity index (χ1) is 13.2. The first kappa shape index (κ1) is 19.0. The Morgan fingerprint density at radius 1 is 1.07 bits per heavy atom. The number of para-hydroxylation sites is 2. The van der Waals surface area contributed by atoms with Gasteiger partial charge in [-0.05, 0) is 24.1 Å². The van der Waals surface area contributed by atoms with Crippen LogP contribution in [0.1, 0.15) is 12.0 Å². The summed E-state index contributed by atoms with van der Waals surface area (Å²) in [6.45, 7) is 0.817. The molecule has 2 aromatic carbocycles. The molecule has 0 saturated heterocycles. The summed E-state index contributed by atoms with van der Waals surface area (Å²) in [6.07, 6.45) is 1.16. The highest BCUT2D eigenvalue weighted by atomic mass is 32.2. The van der Waals surface area contributed by atoms with Crippen LogP contribution >= 0.6 is 11.8 Å². The van der Waals surface area contributed by atoms with Gasteiger partial charge in [0.25, 0.3) is 0 Å². The Labute approximate surface area is 162 Å². The second kappa shape index (κ2) is 9.23. The highest BCUT2D eigenvalue weighted by Gasteiger charge is 2.12. The second-order valence-corrected chi connectivity index (χ2v) is 7.06. The Bertz CT molecular complexity index is 924. The molecule has 27 heavy (non-hydrogen) atoms. The van der Waals surface area contributed by atoms with Crippen LogP contribution in [-0.4, -0.2) is 34.3 Å². The lowest BCUT2D eigenvalue weighted by Crippen LogP contribution is -2.37. The lowest BCUT2D eigenvalue weighted by molar-refractivity contribution is -0.119. The Morgan fingerprint density at radius 3 is 2.59 bits per heavy atom. The number of amides is 3. The van der Waals surface area contributed by atoms with Crippen LogP contribution in [0.4, 0.5) is 4.79 Å². The molecule has 0 spiro atoms. The van der Waals surface area contributed by atoms with Crippen LogP contribution in [0.15, 0.2) is 59.8 Å². The van der Waals surface area contributed by atoms with Crippen molar-refractivity contribution in [1.29, 1.82) is 0 Å². The molecule has 1 aromatic heterocycles. The zero-order valence-electron chi connectivity index (χ0n) is 15.1. The van der Waals surface area contributed by atoms with Crippen molar-refractivity contribution in [2.24, 2.45) is 0 Å². The summed E-state index contributed by atoms with van der Waals surface area (Å²) in [4.78, 5) is 27.7. The number of carbonyl (C=O) groups is 2. The first-order valence-corrected chi connectivity index (χ1v) is 9.79. The first-order valence-electron chi connectivity index (χ1n) is 8.81. The van der Waals surface area contributed by atoms with Gasteiger partial charge >= 0.3 is 6.03 Å². The molecule has 2 N–H and O–H groups in total. The normalized spacial score (nSPS) is 10.7. The number of rotatable bonds is 7. The number of hydrogen-bond acceptors (Lipinski definition) is 4. The Morgan fingerprint density at radius 2 is 1.81 bits per heavy atom. The summed E-state index contributed by atoms with van der Waals surface area (Å²) in [5.74, 6) is 0.256. The van der Waals surface area contributed by atoms with Gasteiger partial charge in [-0.3, -0.25) is 10.1 Å². The number of aromatic nitrogens is 2. The maximum absolute atomic E-state index is 11.8. The van der Waals surface area contributed by atoms with E-state index >= 15 is 0 Å². The number of thioether (sulfide) groups is 1. The number of benzene rings is 2. The predicted molar refractivity (Wildman–Crippen MR) is 108 cm³/mol. The molecular weight excluding hydrogens is 360 g/mol. The van der Waals surface area contributed by atoms with E-state index in [4.69, 9.17) is 4.98 Å². The second-order valence-electron chi connectivity index (χ2n) is 6.00. The maximum atomic E-state index is 11.8. The number of imide groups is 1. The number of aryl methyl sites for hydroxylation is 2. The number of nitrogens with one attached hydrogen (secondary N) is 2. The number of hydrogen-bond donors (Lipinski definition) is 2. The van der Waals surface area contributed by atoms with Crippen LogP contribution in [0.2, 0.25) is 0 Å². The molecule has 3 aromatic rings. The number of imidazole rings is 1. The summed E-state index contributed by atoms with van der Waals surface area (Å²) in [5, 5.41) is 5.53. The molecule has 0 aliphatic carbocycles. The summed E-state index contributed by atoms with van der Waals surface area (Å²) in [7, 11) is 1.48. The molecule has 0 bridgehead atoms. The molecule has 0 radical (unpaired) electrons. The van der Waals surface area contributed by atoms with Crippen LogP contribution in [0.3, 0.4) is 0 Å². The van der Waals surface area contributed by atoms with E-state index in [0.717, 1.165) is 29.2 Å². The average Bonchev–Trinajstić information content (AvgIpc) is 3.04. The summed E-state index contributed by atoms with van der Waals surface area (Å²) >= 11 is 1.53. The van der Waals surface area contributed by atoms with E-state index in [0.29, 0.717) is 5.75 Å². The van der Waals surface area contributed by atoms with E-state index in [1.165, 1.54) is 24.4 Å². The Balaban J connectivity index is 1.68. The van der Waals surface area contributed by atoms with E-state index in [-0.39, 0.29) is 12.3 Å². The number of nitrogens with zero attached hydrogens (tertiary/aromatic N) is 2. The standard InChI is InChI=1S/C20H22N4O2S/c1-21-19(26)23-18(25)12-14-27-20-22-16-9-5-6-10-17(16)24(20)13-11-15-7-3-2-4-8-15/h2-10H,11-14H2,1H3,(H2,21,23,25,26). The number of carbonyl (C=O) groups excluding carboxylic acids is 2. The van der Waals surface area contributed by atoms with Crippen LogP contribution in [0, 0.1) is 0 Å². The van der Waals surface area contributed by atoms with Crippen LogP contribution in [0.5, 0.6) is 0 Å². The van der Waals surface area contributed by atoms with Gasteiger partial charge in [-0.2, -0.15) is 0 Å². The molecule has 3 rings (SSSR count). The van der Waals surface area contributed by atoms with E-state index < -0.39 is 6.03 Å². The van der Waals surface area contributed by atoms with E-state index in [1.54, 1.807) is 0 Å². The Kier molecular flexibility index (Phi) is 6.49. The fourth-order valence-electron chi connectivity index (χ4n) is 2.75. The molecule has 1 heterocycles. The van der Waals surface area contributed by atoms with Crippen molar-refractivity contribution in [3.63, 3.8) is 0 Å². The lowest BCUT2D eigenvalue weighted by atomic mass is 10.1. The van der Waals surface area contributed by atoms with Crippen molar-refractivity contribution in [1.82, 2.24) is 20.2 Å². The van der Waals surface area contributed by atoms with Crippen molar-refractivity contribution in [2.75, 3.05) is 12.8 Å². The molecule has 0 saturated carbocycles. The monoisotopic (exact) mass is 382 g/mol. The molecule has 6 nitrogen and oxygen atoms in total. The quantitative estimate of drug-likeness (QED) is 0.615. The van der Waals surface area contributed by atoms with E-state index in [2.05, 4.69) is 33.4 Å². The van der Waals surface area contributed by atoms with Gasteiger partial charge in [0.2, 0.25) is 5.91 Å². The molecule has 0 unspecified atom stereocenters. The van der Waals surface area contributed by atoms with Crippen LogP contribution in [-0.2, 0) is 17.8 Å². The minimum absolute atomic E-state index is 0.250. The predicted octanol–water partition coefficient (Wildman–Crippen LogP) is 3.22. The molecular formula is C20H22N4O2S. The molecule has 7 heteroatoms. The molecule has 0 fully saturated rings. The van der Waals surface area contributed by atoms with E-state index in [1.807, 2.05) is 36.4 Å².